The number of benzene rings is 2. The molecule has 35 heavy (non-hydrogen) atoms. The maximum atomic E-state index is 12.8. The van der Waals surface area contributed by atoms with E-state index in [-0.39, 0.29) is 40.0 Å². The Morgan fingerprint density at radius 3 is 2.23 bits per heavy atom. The van der Waals surface area contributed by atoms with Crippen LogP contribution in [0.15, 0.2) is 60.8 Å². The van der Waals surface area contributed by atoms with Crippen LogP contribution in [0, 0.1) is 75.0 Å². The van der Waals surface area contributed by atoms with E-state index in [9.17, 15) is 4.79 Å². The van der Waals surface area contributed by atoms with E-state index in [1.165, 1.54) is 0 Å². The average Bonchev–Trinajstić information content (AvgIpc) is 3.59. The monoisotopic (exact) mass is 548 g/mol. The van der Waals surface area contributed by atoms with Gasteiger partial charge in [0.15, 0.2) is 0 Å². The Balaban J connectivity index is 0.000000551. The van der Waals surface area contributed by atoms with Crippen molar-refractivity contribution < 1.29 is 43.7 Å². The number of para-hydroxylation sites is 1. The third kappa shape index (κ3) is 8.13. The molecule has 2 aliphatic rings. The number of nitrogens with zero attached hydrogens (tertiary/aromatic N) is 2. The normalized spacial score (nSPS) is 15.0. The van der Waals surface area contributed by atoms with Gasteiger partial charge in [0.05, 0.1) is 24.5 Å². The number of amides is 1. The molecular formula is C29H21CuFeN2O2. The van der Waals surface area contributed by atoms with Gasteiger partial charge in [-0.25, -0.2) is 0 Å². The van der Waals surface area contributed by atoms with E-state index in [0.717, 1.165) is 16.7 Å². The number of rotatable bonds is 3. The summed E-state index contributed by atoms with van der Waals surface area (Å²) in [6, 6.07) is 16.9. The zero-order valence-corrected chi connectivity index (χ0v) is 20.8. The number of carbonyl (C=O) groups is 1. The maximum Gasteiger partial charge on any atom is 1.00 e. The molecule has 0 bridgehead atoms. The van der Waals surface area contributed by atoms with Gasteiger partial charge in [-0.05, 0) is 87.1 Å². The van der Waals surface area contributed by atoms with E-state index < -0.39 is 0 Å². The fourth-order valence-corrected chi connectivity index (χ4v) is 3.20. The molecule has 2 aromatic carbocycles. The number of hydrogen-bond donors (Lipinski definition) is 0. The Bertz CT molecular complexity index is 1120. The van der Waals surface area contributed by atoms with Gasteiger partial charge in [0.1, 0.15) is 5.75 Å². The second-order valence-corrected chi connectivity index (χ2v) is 7.06. The molecule has 0 aliphatic heterocycles. The van der Waals surface area contributed by atoms with Crippen molar-refractivity contribution in [1.82, 2.24) is 4.98 Å². The van der Waals surface area contributed by atoms with Crippen LogP contribution in [-0.4, -0.2) is 18.0 Å². The summed E-state index contributed by atoms with van der Waals surface area (Å²) in [5.41, 5.74) is 2.10. The molecule has 4 nitrogen and oxygen atoms in total. The minimum Gasteiger partial charge on any atom is -0.625 e. The van der Waals surface area contributed by atoms with Crippen LogP contribution >= 0.6 is 0 Å². The molecule has 2 aliphatic carbocycles. The number of methoxy groups -OCH3 is 1. The van der Waals surface area contributed by atoms with Gasteiger partial charge in [-0.2, -0.15) is 0 Å². The van der Waals surface area contributed by atoms with Gasteiger partial charge in [-0.1, -0.05) is 36.1 Å². The predicted molar refractivity (Wildman–Crippen MR) is 131 cm³/mol. The van der Waals surface area contributed by atoms with E-state index in [1.807, 2.05) is 93.5 Å². The molecule has 178 valence electrons. The molecule has 0 N–H and O–H groups in total. The van der Waals surface area contributed by atoms with Crippen molar-refractivity contribution in [3.63, 3.8) is 0 Å². The summed E-state index contributed by atoms with van der Waals surface area (Å²) < 4.78 is 5.15. The third-order valence-corrected chi connectivity index (χ3v) is 4.87. The van der Waals surface area contributed by atoms with Crippen LogP contribution in [0.3, 0.4) is 0 Å². The van der Waals surface area contributed by atoms with Gasteiger partial charge in [0.25, 0.3) is 0 Å². The van der Waals surface area contributed by atoms with Crippen LogP contribution < -0.4 is 4.74 Å². The number of carbonyl (C=O) groups excluding carboxylic acids is 1. The van der Waals surface area contributed by atoms with Crippen LogP contribution in [-0.2, 0) is 38.9 Å². The SMILES string of the molecule is COc1ccc(C#C[C]2[CH][CH][CH][C]2C(=O)[N-]c2cccc3cccnc23)cc1.[CH]1[CH][CH][CH][CH]1.[Cu+].[Fe]. The summed E-state index contributed by atoms with van der Waals surface area (Å²) in [7, 11) is 1.62. The van der Waals surface area contributed by atoms with Crippen molar-refractivity contribution in [1.29, 1.82) is 0 Å². The van der Waals surface area contributed by atoms with Gasteiger partial charge < -0.3 is 14.8 Å². The molecule has 5 rings (SSSR count). The first-order chi connectivity index (χ1) is 16.2. The van der Waals surface area contributed by atoms with Crippen molar-refractivity contribution >= 4 is 22.5 Å². The molecule has 1 aromatic heterocycles. The zero-order chi connectivity index (χ0) is 22.9. The van der Waals surface area contributed by atoms with Gasteiger partial charge >= 0.3 is 17.1 Å². The number of ether oxygens (including phenoxy) is 1. The fraction of sp³-hybridized carbons (Fsp3) is 0.0345. The fourth-order valence-electron chi connectivity index (χ4n) is 3.20. The Labute approximate surface area is 230 Å². The summed E-state index contributed by atoms with van der Waals surface area (Å²) >= 11 is 0. The zero-order valence-electron chi connectivity index (χ0n) is 18.8. The largest absolute Gasteiger partial charge is 1.00 e. The molecule has 0 unspecified atom stereocenters. The van der Waals surface area contributed by atoms with E-state index in [4.69, 9.17) is 4.74 Å². The van der Waals surface area contributed by atoms with Gasteiger partial charge in [0, 0.05) is 34.7 Å². The standard InChI is InChI=1S/C24H17N2O2.C5H5.Cu.Fe/c1-28-20-14-11-17(12-15-20)10-13-18-5-2-8-21(18)24(27)26-22-9-3-6-19-7-4-16-25-23(19)22;1-2-4-5-3-1;;/h2-9,11-12,14-16H,1H3,(H,26,27);1-5H;;/q;;+1;/p-1. The van der Waals surface area contributed by atoms with E-state index >= 15 is 0 Å². The van der Waals surface area contributed by atoms with Crippen molar-refractivity contribution in [3.05, 3.63) is 135 Å². The summed E-state index contributed by atoms with van der Waals surface area (Å²) in [6.45, 7) is 0. The molecular weight excluding hydrogens is 528 g/mol. The predicted octanol–water partition coefficient (Wildman–Crippen LogP) is 5.62. The van der Waals surface area contributed by atoms with Gasteiger partial charge in [-0.3, -0.25) is 4.98 Å². The molecule has 2 saturated carbocycles. The number of fused-ring (bicyclic) bond motifs is 1. The molecule has 0 spiro atoms. The van der Waals surface area contributed by atoms with Crippen LogP contribution in [0.4, 0.5) is 5.69 Å². The molecule has 0 atom stereocenters. The Morgan fingerprint density at radius 1 is 0.857 bits per heavy atom. The molecule has 0 saturated heterocycles. The molecule has 3 aromatic rings. The Kier molecular flexibility index (Phi) is 12.4. The minimum atomic E-state index is -0.331. The van der Waals surface area contributed by atoms with Crippen molar-refractivity contribution in [2.24, 2.45) is 0 Å². The first-order valence-electron chi connectivity index (χ1n) is 10.4. The molecule has 6 heteroatoms. The topological polar surface area (TPSA) is 53.3 Å². The molecule has 10 radical (unpaired) electrons. The summed E-state index contributed by atoms with van der Waals surface area (Å²) in [5.74, 6) is 7.71. The Hall–Kier alpha value is -2.28. The van der Waals surface area contributed by atoms with E-state index in [1.54, 1.807) is 25.8 Å². The second-order valence-electron chi connectivity index (χ2n) is 7.06. The number of aromatic nitrogens is 1. The first kappa shape index (κ1) is 29.0. The van der Waals surface area contributed by atoms with E-state index in [2.05, 4.69) is 22.1 Å². The smallest absolute Gasteiger partial charge is 0.625 e. The minimum absolute atomic E-state index is 0. The first-order valence-corrected chi connectivity index (χ1v) is 10.4. The molecule has 1 amide bonds. The molecule has 2 fully saturated rings. The van der Waals surface area contributed by atoms with E-state index in [0.29, 0.717) is 23.0 Å². The molecule has 1 heterocycles. The van der Waals surface area contributed by atoms with Crippen molar-refractivity contribution in [2.45, 2.75) is 0 Å². The van der Waals surface area contributed by atoms with Crippen LogP contribution in [0.5, 0.6) is 5.75 Å². The maximum absolute atomic E-state index is 12.8. The van der Waals surface area contributed by atoms with Crippen LogP contribution in [0.2, 0.25) is 0 Å². The second kappa shape index (κ2) is 15.0. The summed E-state index contributed by atoms with van der Waals surface area (Å²) in [6.07, 6.45) is 17.1. The third-order valence-electron chi connectivity index (χ3n) is 4.87. The summed E-state index contributed by atoms with van der Waals surface area (Å²) in [4.78, 5) is 17.1. The Morgan fingerprint density at radius 2 is 1.54 bits per heavy atom. The number of hydrogen-bond acceptors (Lipinski definition) is 3. The quantitative estimate of drug-likeness (QED) is 0.315. The van der Waals surface area contributed by atoms with Gasteiger partial charge in [-0.15, -0.1) is 5.69 Å². The van der Waals surface area contributed by atoms with Gasteiger partial charge in [0.2, 0.25) is 0 Å². The van der Waals surface area contributed by atoms with Crippen LogP contribution in [0.25, 0.3) is 16.2 Å². The summed E-state index contributed by atoms with van der Waals surface area (Å²) in [5, 5.41) is 5.23. The average molecular weight is 549 g/mol. The van der Waals surface area contributed by atoms with Crippen LogP contribution in [0.1, 0.15) is 5.56 Å². The van der Waals surface area contributed by atoms with Crippen molar-refractivity contribution in [3.8, 4) is 17.6 Å². The number of pyridine rings is 1. The van der Waals surface area contributed by atoms with Crippen molar-refractivity contribution in [2.75, 3.05) is 7.11 Å².